The van der Waals surface area contributed by atoms with Crippen LogP contribution in [0.4, 0.5) is 0 Å². The van der Waals surface area contributed by atoms with Crippen LogP contribution in [0.3, 0.4) is 0 Å². The van der Waals surface area contributed by atoms with Gasteiger partial charge in [-0.2, -0.15) is 0 Å². The number of ether oxygens (including phenoxy) is 1. The first kappa shape index (κ1) is 11.3. The molecule has 0 bridgehead atoms. The average Bonchev–Trinajstić information content (AvgIpc) is 2.97. The zero-order chi connectivity index (χ0) is 9.15. The fourth-order valence-corrected chi connectivity index (χ4v) is 1.27. The molecule has 1 aromatic heterocycles. The van der Waals surface area contributed by atoms with Crippen LogP contribution < -0.4 is 10.1 Å². The average molecular weight is 215 g/mol. The van der Waals surface area contributed by atoms with Crippen molar-refractivity contribution in [3.8, 4) is 5.75 Å². The second-order valence-electron chi connectivity index (χ2n) is 3.51. The normalized spacial score (nSPS) is 16.9. The summed E-state index contributed by atoms with van der Waals surface area (Å²) in [5.74, 6) is 0.851. The zero-order valence-corrected chi connectivity index (χ0v) is 9.01. The van der Waals surface area contributed by atoms with Crippen molar-refractivity contribution in [2.75, 3.05) is 13.7 Å². The number of hydrogen-bond acceptors (Lipinski definition) is 3. The van der Waals surface area contributed by atoms with Gasteiger partial charge in [-0.05, 0) is 32.0 Å². The van der Waals surface area contributed by atoms with Gasteiger partial charge < -0.3 is 10.1 Å². The molecule has 0 spiro atoms. The molecule has 0 saturated heterocycles. The van der Waals surface area contributed by atoms with Crippen molar-refractivity contribution in [3.05, 3.63) is 24.5 Å². The Labute approximate surface area is 90.3 Å². The lowest BCUT2D eigenvalue weighted by molar-refractivity contribution is 0.259. The molecule has 1 saturated carbocycles. The molecule has 1 heterocycles. The quantitative estimate of drug-likeness (QED) is 0.828. The van der Waals surface area contributed by atoms with Crippen LogP contribution in [-0.4, -0.2) is 24.2 Å². The maximum absolute atomic E-state index is 5.60. The van der Waals surface area contributed by atoms with Crippen molar-refractivity contribution in [3.63, 3.8) is 0 Å². The number of hydrogen-bond donors (Lipinski definition) is 1. The molecule has 1 aliphatic rings. The topological polar surface area (TPSA) is 34.1 Å². The summed E-state index contributed by atoms with van der Waals surface area (Å²) in [6.07, 6.45) is 5.91. The minimum atomic E-state index is 0. The van der Waals surface area contributed by atoms with Crippen molar-refractivity contribution in [2.24, 2.45) is 0 Å². The second-order valence-corrected chi connectivity index (χ2v) is 3.51. The highest BCUT2D eigenvalue weighted by Crippen LogP contribution is 2.35. The summed E-state index contributed by atoms with van der Waals surface area (Å²) in [4.78, 5) is 3.99. The van der Waals surface area contributed by atoms with Crippen LogP contribution in [0.15, 0.2) is 24.5 Å². The second kappa shape index (κ2) is 4.62. The summed E-state index contributed by atoms with van der Waals surface area (Å²) in [7, 11) is 1.99. The van der Waals surface area contributed by atoms with Crippen molar-refractivity contribution in [2.45, 2.75) is 18.4 Å². The van der Waals surface area contributed by atoms with E-state index in [9.17, 15) is 0 Å². The molecule has 2 rings (SSSR count). The Bertz CT molecular complexity index is 275. The van der Waals surface area contributed by atoms with Gasteiger partial charge >= 0.3 is 0 Å². The number of nitrogens with zero attached hydrogens (tertiary/aromatic N) is 1. The van der Waals surface area contributed by atoms with Gasteiger partial charge in [-0.3, -0.25) is 4.98 Å². The van der Waals surface area contributed by atoms with Crippen LogP contribution in [0, 0.1) is 0 Å². The van der Waals surface area contributed by atoms with Gasteiger partial charge in [0.25, 0.3) is 0 Å². The fourth-order valence-electron chi connectivity index (χ4n) is 1.27. The molecule has 78 valence electrons. The van der Waals surface area contributed by atoms with Crippen LogP contribution in [0.1, 0.15) is 12.8 Å². The van der Waals surface area contributed by atoms with Gasteiger partial charge in [0.2, 0.25) is 0 Å². The lowest BCUT2D eigenvalue weighted by Gasteiger charge is -2.14. The van der Waals surface area contributed by atoms with Crippen LogP contribution in [0.5, 0.6) is 5.75 Å². The first-order chi connectivity index (χ1) is 6.35. The molecule has 0 radical (unpaired) electrons. The van der Waals surface area contributed by atoms with E-state index in [1.165, 1.54) is 12.8 Å². The Morgan fingerprint density at radius 2 is 2.36 bits per heavy atom. The maximum Gasteiger partial charge on any atom is 0.137 e. The number of halogens is 1. The number of rotatable bonds is 4. The molecule has 0 aromatic carbocycles. The third-order valence-corrected chi connectivity index (χ3v) is 2.53. The number of likely N-dealkylation sites (N-methyl/N-ethyl adjacent to an activating group) is 1. The van der Waals surface area contributed by atoms with Gasteiger partial charge in [0, 0.05) is 6.20 Å². The Kier molecular flexibility index (Phi) is 3.72. The molecule has 0 amide bonds. The Morgan fingerprint density at radius 1 is 1.57 bits per heavy atom. The molecule has 0 atom stereocenters. The highest BCUT2D eigenvalue weighted by atomic mass is 35.5. The number of nitrogens with one attached hydrogen (secondary N) is 1. The molecule has 0 aliphatic heterocycles. The molecule has 1 fully saturated rings. The first-order valence-electron chi connectivity index (χ1n) is 4.56. The summed E-state index contributed by atoms with van der Waals surface area (Å²) < 4.78 is 5.60. The lowest BCUT2D eigenvalue weighted by Crippen LogP contribution is -2.33. The zero-order valence-electron chi connectivity index (χ0n) is 8.19. The molecule has 14 heavy (non-hydrogen) atoms. The van der Waals surface area contributed by atoms with Crippen molar-refractivity contribution < 1.29 is 4.74 Å². The van der Waals surface area contributed by atoms with Crippen LogP contribution in [-0.2, 0) is 0 Å². The minimum Gasteiger partial charge on any atom is -0.490 e. The molecule has 1 aromatic rings. The van der Waals surface area contributed by atoms with Crippen molar-refractivity contribution >= 4 is 12.4 Å². The van der Waals surface area contributed by atoms with Gasteiger partial charge in [0.1, 0.15) is 12.4 Å². The molecular weight excluding hydrogens is 200 g/mol. The monoisotopic (exact) mass is 214 g/mol. The minimum absolute atomic E-state index is 0. The van der Waals surface area contributed by atoms with E-state index in [0.29, 0.717) is 0 Å². The molecule has 1 aliphatic carbocycles. The lowest BCUT2D eigenvalue weighted by atomic mass is 10.3. The smallest absolute Gasteiger partial charge is 0.137 e. The van der Waals surface area contributed by atoms with E-state index < -0.39 is 0 Å². The van der Waals surface area contributed by atoms with Gasteiger partial charge in [0.05, 0.1) is 11.7 Å². The van der Waals surface area contributed by atoms with Crippen molar-refractivity contribution in [1.82, 2.24) is 10.3 Å². The van der Waals surface area contributed by atoms with Crippen LogP contribution >= 0.6 is 12.4 Å². The van der Waals surface area contributed by atoms with Crippen molar-refractivity contribution in [1.29, 1.82) is 0 Å². The third kappa shape index (κ3) is 2.59. The van der Waals surface area contributed by atoms with E-state index >= 15 is 0 Å². The van der Waals surface area contributed by atoms with E-state index in [-0.39, 0.29) is 17.9 Å². The highest BCUT2D eigenvalue weighted by molar-refractivity contribution is 5.85. The Morgan fingerprint density at radius 3 is 2.86 bits per heavy atom. The third-order valence-electron chi connectivity index (χ3n) is 2.53. The highest BCUT2D eigenvalue weighted by Gasteiger charge is 2.41. The first-order valence-corrected chi connectivity index (χ1v) is 4.56. The SMILES string of the molecule is CNC1(COc2cccnc2)CC1.Cl. The van der Waals surface area contributed by atoms with Gasteiger partial charge in [-0.15, -0.1) is 12.4 Å². The van der Waals surface area contributed by atoms with E-state index in [1.807, 2.05) is 19.2 Å². The maximum atomic E-state index is 5.60. The number of aromatic nitrogens is 1. The molecular formula is C10H15ClN2O. The van der Waals surface area contributed by atoms with E-state index in [1.54, 1.807) is 12.4 Å². The molecule has 3 nitrogen and oxygen atoms in total. The summed E-state index contributed by atoms with van der Waals surface area (Å²) in [6.45, 7) is 0.745. The summed E-state index contributed by atoms with van der Waals surface area (Å²) in [6, 6.07) is 3.81. The number of pyridine rings is 1. The molecule has 1 N–H and O–H groups in total. The van der Waals surface area contributed by atoms with Crippen LogP contribution in [0.25, 0.3) is 0 Å². The van der Waals surface area contributed by atoms with Gasteiger partial charge in [0.15, 0.2) is 0 Å². The molecule has 4 heteroatoms. The predicted octanol–water partition coefficient (Wildman–Crippen LogP) is 1.63. The largest absolute Gasteiger partial charge is 0.490 e. The predicted molar refractivity (Wildman–Crippen MR) is 58.0 cm³/mol. The van der Waals surface area contributed by atoms with E-state index in [2.05, 4.69) is 10.3 Å². The van der Waals surface area contributed by atoms with E-state index in [4.69, 9.17) is 4.74 Å². The van der Waals surface area contributed by atoms with Gasteiger partial charge in [-0.25, -0.2) is 0 Å². The van der Waals surface area contributed by atoms with E-state index in [0.717, 1.165) is 12.4 Å². The summed E-state index contributed by atoms with van der Waals surface area (Å²) in [5.41, 5.74) is 0.246. The Balaban J connectivity index is 0.000000980. The fraction of sp³-hybridized carbons (Fsp3) is 0.500. The van der Waals surface area contributed by atoms with Crippen LogP contribution in [0.2, 0.25) is 0 Å². The standard InChI is InChI=1S/C10H14N2O.ClH/c1-11-10(4-5-10)8-13-9-3-2-6-12-7-9;/h2-3,6-7,11H,4-5,8H2,1H3;1H. The summed E-state index contributed by atoms with van der Waals surface area (Å²) in [5, 5.41) is 3.28. The summed E-state index contributed by atoms with van der Waals surface area (Å²) >= 11 is 0. The van der Waals surface area contributed by atoms with Gasteiger partial charge in [-0.1, -0.05) is 0 Å². The molecule has 0 unspecified atom stereocenters. The Hall–Kier alpha value is -0.800.